The van der Waals surface area contributed by atoms with E-state index in [4.69, 9.17) is 4.74 Å². The van der Waals surface area contributed by atoms with Crippen molar-refractivity contribution in [1.29, 1.82) is 0 Å². The number of hydrogen-bond donors (Lipinski definition) is 2. The molecule has 0 aromatic heterocycles. The van der Waals surface area contributed by atoms with Gasteiger partial charge in [-0.1, -0.05) is 41.5 Å². The first-order valence-electron chi connectivity index (χ1n) is 14.7. The first kappa shape index (κ1) is 26.0. The van der Waals surface area contributed by atoms with Gasteiger partial charge in [0.2, 0.25) is 0 Å². The summed E-state index contributed by atoms with van der Waals surface area (Å²) in [4.78, 5) is 13.4. The molecule has 0 bridgehead atoms. The largest absolute Gasteiger partial charge is 0.469 e. The summed E-state index contributed by atoms with van der Waals surface area (Å²) in [5, 5.41) is 21.1. The van der Waals surface area contributed by atoms with Crippen molar-refractivity contribution < 1.29 is 19.7 Å². The van der Waals surface area contributed by atoms with Gasteiger partial charge in [-0.3, -0.25) is 4.79 Å². The smallest absolute Gasteiger partial charge is 0.312 e. The number of carbonyl (C=O) groups excluding carboxylic acids is 1. The first-order chi connectivity index (χ1) is 16.3. The minimum absolute atomic E-state index is 0.0168. The minimum atomic E-state index is -0.353. The number of aliphatic hydroxyl groups excluding tert-OH is 2. The molecule has 2 N–H and O–H groups in total. The fourth-order valence-corrected chi connectivity index (χ4v) is 12.0. The van der Waals surface area contributed by atoms with Crippen LogP contribution < -0.4 is 0 Å². The number of rotatable bonds is 3. The van der Waals surface area contributed by atoms with Crippen LogP contribution in [0, 0.1) is 62.6 Å². The van der Waals surface area contributed by atoms with Crippen LogP contribution in [-0.4, -0.2) is 36.0 Å². The second kappa shape index (κ2) is 8.19. The zero-order chi connectivity index (χ0) is 25.6. The Bertz CT molecular complexity index is 853. The molecule has 5 unspecified atom stereocenters. The molecule has 0 aliphatic heterocycles. The number of carbonyl (C=O) groups is 1. The standard InChI is InChI=1S/C31H52O4/c1-19(18-32)20-10-15-31(26(34)35-7)17-16-29(5)21(25(20)31)8-9-23-28(4)13-12-24(33)27(2,3)22(28)11-14-30(23,29)6/h19-25,32-33H,8-18H2,1-7H3/t19-,20?,21?,22?,23?,24+,25?,28+,29-,30-,31+/m1/s1. The topological polar surface area (TPSA) is 66.8 Å². The molecule has 0 amide bonds. The molecular weight excluding hydrogens is 436 g/mol. The maximum absolute atomic E-state index is 13.4. The van der Waals surface area contributed by atoms with Gasteiger partial charge >= 0.3 is 5.97 Å². The highest BCUT2D eigenvalue weighted by molar-refractivity contribution is 5.78. The predicted octanol–water partition coefficient (Wildman–Crippen LogP) is 6.23. The van der Waals surface area contributed by atoms with Crippen LogP contribution in [0.4, 0.5) is 0 Å². The molecule has 0 aromatic rings. The molecule has 0 heterocycles. The summed E-state index contributed by atoms with van der Waals surface area (Å²) in [6, 6.07) is 0. The van der Waals surface area contributed by atoms with E-state index >= 15 is 0 Å². The summed E-state index contributed by atoms with van der Waals surface area (Å²) in [7, 11) is 1.57. The van der Waals surface area contributed by atoms with Gasteiger partial charge in [-0.2, -0.15) is 0 Å². The van der Waals surface area contributed by atoms with Crippen LogP contribution in [-0.2, 0) is 9.53 Å². The highest BCUT2D eigenvalue weighted by Crippen LogP contribution is 2.77. The van der Waals surface area contributed by atoms with Gasteiger partial charge in [0.1, 0.15) is 0 Å². The van der Waals surface area contributed by atoms with Gasteiger partial charge in [0.05, 0.1) is 18.6 Å². The number of esters is 1. The lowest BCUT2D eigenvalue weighted by Crippen LogP contribution is -2.67. The molecule has 4 nitrogen and oxygen atoms in total. The van der Waals surface area contributed by atoms with E-state index in [1.807, 2.05) is 0 Å². The van der Waals surface area contributed by atoms with E-state index in [0.29, 0.717) is 29.6 Å². The summed E-state index contributed by atoms with van der Waals surface area (Å²) in [5.74, 6) is 2.73. The minimum Gasteiger partial charge on any atom is -0.469 e. The first-order valence-corrected chi connectivity index (χ1v) is 14.7. The molecule has 0 radical (unpaired) electrons. The second-order valence-corrected chi connectivity index (χ2v) is 15.1. The van der Waals surface area contributed by atoms with E-state index in [2.05, 4.69) is 41.5 Å². The van der Waals surface area contributed by atoms with E-state index < -0.39 is 0 Å². The van der Waals surface area contributed by atoms with E-state index in [1.165, 1.54) is 25.7 Å². The van der Waals surface area contributed by atoms with Gasteiger partial charge in [-0.15, -0.1) is 0 Å². The molecule has 0 saturated heterocycles. The van der Waals surface area contributed by atoms with Crippen LogP contribution in [0.15, 0.2) is 0 Å². The molecular formula is C31H52O4. The zero-order valence-corrected chi connectivity index (χ0v) is 23.5. The van der Waals surface area contributed by atoms with Crippen molar-refractivity contribution in [3.8, 4) is 0 Å². The third kappa shape index (κ3) is 3.14. The fourth-order valence-electron chi connectivity index (χ4n) is 12.0. The van der Waals surface area contributed by atoms with Gasteiger partial charge in [-0.25, -0.2) is 0 Å². The Morgan fingerprint density at radius 3 is 2.26 bits per heavy atom. The van der Waals surface area contributed by atoms with Crippen molar-refractivity contribution in [1.82, 2.24) is 0 Å². The molecule has 0 aromatic carbocycles. The second-order valence-electron chi connectivity index (χ2n) is 15.1. The lowest BCUT2D eigenvalue weighted by Gasteiger charge is -2.72. The molecule has 0 spiro atoms. The Balaban J connectivity index is 1.56. The summed E-state index contributed by atoms with van der Waals surface area (Å²) in [6.07, 6.45) is 10.8. The Morgan fingerprint density at radius 1 is 0.886 bits per heavy atom. The van der Waals surface area contributed by atoms with E-state index in [-0.39, 0.29) is 51.7 Å². The van der Waals surface area contributed by atoms with Crippen molar-refractivity contribution >= 4 is 5.97 Å². The molecule has 5 saturated carbocycles. The van der Waals surface area contributed by atoms with Crippen LogP contribution in [0.5, 0.6) is 0 Å². The monoisotopic (exact) mass is 488 g/mol. The number of aliphatic hydroxyl groups is 2. The van der Waals surface area contributed by atoms with Crippen molar-refractivity contribution in [2.45, 2.75) is 112 Å². The normalized spacial score (nSPS) is 53.5. The highest BCUT2D eigenvalue weighted by Gasteiger charge is 2.72. The Kier molecular flexibility index (Phi) is 6.09. The van der Waals surface area contributed by atoms with Crippen molar-refractivity contribution in [2.24, 2.45) is 62.6 Å². The number of fused-ring (bicyclic) bond motifs is 7. The average molecular weight is 489 g/mol. The summed E-state index contributed by atoms with van der Waals surface area (Å²) >= 11 is 0. The fraction of sp³-hybridized carbons (Fsp3) is 0.968. The highest BCUT2D eigenvalue weighted by atomic mass is 16.5. The van der Waals surface area contributed by atoms with E-state index in [9.17, 15) is 15.0 Å². The quantitative estimate of drug-likeness (QED) is 0.462. The van der Waals surface area contributed by atoms with Crippen molar-refractivity contribution in [3.05, 3.63) is 0 Å². The van der Waals surface area contributed by atoms with Gasteiger partial charge < -0.3 is 14.9 Å². The van der Waals surface area contributed by atoms with E-state index in [0.717, 1.165) is 38.5 Å². The van der Waals surface area contributed by atoms with Crippen LogP contribution in [0.25, 0.3) is 0 Å². The van der Waals surface area contributed by atoms with Crippen molar-refractivity contribution in [2.75, 3.05) is 13.7 Å². The molecule has 35 heavy (non-hydrogen) atoms. The average Bonchev–Trinajstić information content (AvgIpc) is 3.22. The third-order valence-electron chi connectivity index (χ3n) is 14.1. The SMILES string of the molecule is COC(=O)[C@]12CCC([C@H](C)CO)C1C1CCC3[C@@]4(C)CC[C@H](O)C(C)(C)C4CC[C@@]3(C)[C@]1(C)CC2. The molecule has 5 rings (SSSR count). The van der Waals surface area contributed by atoms with Crippen LogP contribution >= 0.6 is 0 Å². The number of ether oxygens (including phenoxy) is 1. The maximum Gasteiger partial charge on any atom is 0.312 e. The molecule has 5 aliphatic carbocycles. The Hall–Kier alpha value is -0.610. The van der Waals surface area contributed by atoms with E-state index in [1.54, 1.807) is 7.11 Å². The lowest BCUT2D eigenvalue weighted by molar-refractivity contribution is -0.250. The molecule has 4 heteroatoms. The zero-order valence-electron chi connectivity index (χ0n) is 23.5. The van der Waals surface area contributed by atoms with Crippen LogP contribution in [0.3, 0.4) is 0 Å². The summed E-state index contributed by atoms with van der Waals surface area (Å²) in [5.41, 5.74) is 0.343. The Morgan fingerprint density at radius 2 is 1.60 bits per heavy atom. The molecule has 200 valence electrons. The van der Waals surface area contributed by atoms with Crippen LogP contribution in [0.1, 0.15) is 106 Å². The summed E-state index contributed by atoms with van der Waals surface area (Å²) < 4.78 is 5.50. The van der Waals surface area contributed by atoms with Gasteiger partial charge in [-0.05, 0) is 121 Å². The number of methoxy groups -OCH3 is 1. The predicted molar refractivity (Wildman–Crippen MR) is 138 cm³/mol. The van der Waals surface area contributed by atoms with Crippen molar-refractivity contribution in [3.63, 3.8) is 0 Å². The van der Waals surface area contributed by atoms with Gasteiger partial charge in [0, 0.05) is 6.61 Å². The van der Waals surface area contributed by atoms with Gasteiger partial charge in [0.25, 0.3) is 0 Å². The Labute approximate surface area is 214 Å². The van der Waals surface area contributed by atoms with Gasteiger partial charge in [0.15, 0.2) is 0 Å². The maximum atomic E-state index is 13.4. The lowest BCUT2D eigenvalue weighted by atomic mass is 9.32. The summed E-state index contributed by atoms with van der Waals surface area (Å²) in [6.45, 7) is 14.8. The molecule has 5 fully saturated rings. The molecule has 5 aliphatic rings. The van der Waals surface area contributed by atoms with Crippen LogP contribution in [0.2, 0.25) is 0 Å². The number of hydrogen-bond acceptors (Lipinski definition) is 4. The molecule has 11 atom stereocenters. The third-order valence-corrected chi connectivity index (χ3v) is 14.1.